The van der Waals surface area contributed by atoms with E-state index in [1.807, 2.05) is 6.92 Å². The summed E-state index contributed by atoms with van der Waals surface area (Å²) in [6.45, 7) is 4.07. The van der Waals surface area contributed by atoms with Crippen molar-refractivity contribution in [3.8, 4) is 0 Å². The van der Waals surface area contributed by atoms with Gasteiger partial charge < -0.3 is 10.6 Å². The van der Waals surface area contributed by atoms with Crippen LogP contribution in [-0.2, 0) is 4.84 Å². The molecule has 3 nitrogen and oxygen atoms in total. The molecule has 3 heteroatoms. The predicted molar refractivity (Wildman–Crippen MR) is 36.0 cm³/mol. The van der Waals surface area contributed by atoms with Crippen molar-refractivity contribution < 1.29 is 4.84 Å². The third kappa shape index (κ3) is 1.15. The molecule has 0 fully saturated rings. The summed E-state index contributed by atoms with van der Waals surface area (Å²) in [5, 5.41) is 3.65. The molecule has 0 aromatic heterocycles. The van der Waals surface area contributed by atoms with Crippen molar-refractivity contribution in [1.82, 2.24) is 0 Å². The molecule has 1 aliphatic heterocycles. The highest BCUT2D eigenvalue weighted by Gasteiger charge is 2.30. The monoisotopic (exact) mass is 128 g/mol. The van der Waals surface area contributed by atoms with Crippen molar-refractivity contribution in [2.75, 3.05) is 0 Å². The van der Waals surface area contributed by atoms with E-state index in [1.54, 1.807) is 0 Å². The zero-order chi connectivity index (χ0) is 6.91. The molecular formula is C6H12N2O. The Balaban J connectivity index is 2.53. The maximum absolute atomic E-state index is 5.41. The van der Waals surface area contributed by atoms with Crippen molar-refractivity contribution in [3.05, 3.63) is 0 Å². The molecule has 1 rings (SSSR count). The fraction of sp³-hybridized carbons (Fsp3) is 0.833. The lowest BCUT2D eigenvalue weighted by Crippen LogP contribution is -2.25. The highest BCUT2D eigenvalue weighted by atomic mass is 16.7. The first kappa shape index (κ1) is 6.39. The van der Waals surface area contributed by atoms with Gasteiger partial charge in [-0.2, -0.15) is 0 Å². The second kappa shape index (κ2) is 1.90. The van der Waals surface area contributed by atoms with Crippen molar-refractivity contribution in [2.24, 2.45) is 10.9 Å². The summed E-state index contributed by atoms with van der Waals surface area (Å²) in [5.41, 5.74) is 5.29. The molecule has 52 valence electrons. The van der Waals surface area contributed by atoms with Gasteiger partial charge in [-0.25, -0.2) is 0 Å². The van der Waals surface area contributed by atoms with Gasteiger partial charge in [0.2, 0.25) is 0 Å². The molecule has 9 heavy (non-hydrogen) atoms. The zero-order valence-corrected chi connectivity index (χ0v) is 5.85. The largest absolute Gasteiger partial charge is 0.388 e. The molecule has 2 N–H and O–H groups in total. The molecule has 0 spiro atoms. The van der Waals surface area contributed by atoms with E-state index in [0.717, 1.165) is 12.8 Å². The first-order valence-electron chi connectivity index (χ1n) is 3.17. The second-order valence-corrected chi connectivity index (χ2v) is 2.65. The Labute approximate surface area is 54.9 Å². The molecule has 1 heterocycles. The third-order valence-electron chi connectivity index (χ3n) is 1.69. The van der Waals surface area contributed by atoms with Crippen LogP contribution in [0.25, 0.3) is 0 Å². The molecule has 0 amide bonds. The summed E-state index contributed by atoms with van der Waals surface area (Å²) in [5.74, 6) is 0.611. The number of hydrogen-bond donors (Lipinski definition) is 1. The van der Waals surface area contributed by atoms with Crippen LogP contribution >= 0.6 is 0 Å². The SMILES string of the molecule is CCC1(C)CC(N)=NO1. The molecule has 0 radical (unpaired) electrons. The lowest BCUT2D eigenvalue weighted by Gasteiger charge is -2.17. The minimum absolute atomic E-state index is 0.121. The van der Waals surface area contributed by atoms with E-state index in [9.17, 15) is 0 Å². The van der Waals surface area contributed by atoms with Crippen LogP contribution in [-0.4, -0.2) is 11.4 Å². The van der Waals surface area contributed by atoms with Crippen LogP contribution in [0.15, 0.2) is 5.16 Å². The smallest absolute Gasteiger partial charge is 0.143 e. The number of nitrogens with two attached hydrogens (primary N) is 1. The van der Waals surface area contributed by atoms with Crippen LogP contribution in [0.3, 0.4) is 0 Å². The van der Waals surface area contributed by atoms with Crippen LogP contribution in [0.5, 0.6) is 0 Å². The molecule has 0 bridgehead atoms. The summed E-state index contributed by atoms with van der Waals surface area (Å²) in [6.07, 6.45) is 1.72. The van der Waals surface area contributed by atoms with E-state index in [4.69, 9.17) is 10.6 Å². The van der Waals surface area contributed by atoms with E-state index in [-0.39, 0.29) is 5.60 Å². The van der Waals surface area contributed by atoms with Crippen molar-refractivity contribution in [3.63, 3.8) is 0 Å². The van der Waals surface area contributed by atoms with E-state index in [2.05, 4.69) is 12.1 Å². The van der Waals surface area contributed by atoms with Crippen LogP contribution in [0.4, 0.5) is 0 Å². The molecule has 1 atom stereocenters. The predicted octanol–water partition coefficient (Wildman–Crippen LogP) is 0.848. The van der Waals surface area contributed by atoms with Gasteiger partial charge in [0.1, 0.15) is 11.4 Å². The fourth-order valence-electron chi connectivity index (χ4n) is 0.806. The number of amidine groups is 1. The van der Waals surface area contributed by atoms with Gasteiger partial charge >= 0.3 is 0 Å². The fourth-order valence-corrected chi connectivity index (χ4v) is 0.806. The normalized spacial score (nSPS) is 33.8. The van der Waals surface area contributed by atoms with Gasteiger partial charge in [-0.1, -0.05) is 12.1 Å². The van der Waals surface area contributed by atoms with Crippen LogP contribution in [0.1, 0.15) is 26.7 Å². The number of oxime groups is 1. The van der Waals surface area contributed by atoms with Crippen LogP contribution in [0.2, 0.25) is 0 Å². The summed E-state index contributed by atoms with van der Waals surface area (Å²) < 4.78 is 0. The lowest BCUT2D eigenvalue weighted by atomic mass is 10.00. The summed E-state index contributed by atoms with van der Waals surface area (Å²) in [6, 6.07) is 0. The Morgan fingerprint density at radius 3 is 2.78 bits per heavy atom. The topological polar surface area (TPSA) is 47.6 Å². The van der Waals surface area contributed by atoms with Gasteiger partial charge in [-0.3, -0.25) is 0 Å². The van der Waals surface area contributed by atoms with E-state index in [1.165, 1.54) is 0 Å². The summed E-state index contributed by atoms with van der Waals surface area (Å²) >= 11 is 0. The molecule has 0 saturated carbocycles. The lowest BCUT2D eigenvalue weighted by molar-refractivity contribution is -0.00605. The molecular weight excluding hydrogens is 116 g/mol. The first-order chi connectivity index (χ1) is 4.16. The van der Waals surface area contributed by atoms with Crippen molar-refractivity contribution in [2.45, 2.75) is 32.3 Å². The maximum atomic E-state index is 5.41. The van der Waals surface area contributed by atoms with Gasteiger partial charge in [-0.05, 0) is 13.3 Å². The highest BCUT2D eigenvalue weighted by Crippen LogP contribution is 2.24. The average Bonchev–Trinajstić information content (AvgIpc) is 2.13. The molecule has 0 aromatic rings. The Morgan fingerprint density at radius 1 is 1.89 bits per heavy atom. The van der Waals surface area contributed by atoms with Crippen LogP contribution in [0, 0.1) is 0 Å². The van der Waals surface area contributed by atoms with E-state index >= 15 is 0 Å². The Kier molecular flexibility index (Phi) is 1.35. The summed E-state index contributed by atoms with van der Waals surface area (Å²) in [7, 11) is 0. The first-order valence-corrected chi connectivity index (χ1v) is 3.17. The Morgan fingerprint density at radius 2 is 2.56 bits per heavy atom. The Hall–Kier alpha value is -0.730. The maximum Gasteiger partial charge on any atom is 0.143 e. The zero-order valence-electron chi connectivity index (χ0n) is 5.85. The van der Waals surface area contributed by atoms with Crippen molar-refractivity contribution >= 4 is 5.84 Å². The van der Waals surface area contributed by atoms with E-state index < -0.39 is 0 Å². The molecule has 1 unspecified atom stereocenters. The molecule has 0 aliphatic carbocycles. The van der Waals surface area contributed by atoms with Gasteiger partial charge in [0.25, 0.3) is 0 Å². The molecule has 1 aliphatic rings. The molecule has 0 saturated heterocycles. The number of nitrogens with zero attached hydrogens (tertiary/aromatic N) is 1. The summed E-state index contributed by atoms with van der Waals surface area (Å²) in [4.78, 5) is 5.06. The van der Waals surface area contributed by atoms with Crippen LogP contribution < -0.4 is 5.73 Å². The second-order valence-electron chi connectivity index (χ2n) is 2.65. The van der Waals surface area contributed by atoms with E-state index in [0.29, 0.717) is 5.84 Å². The minimum atomic E-state index is -0.121. The van der Waals surface area contributed by atoms with Gasteiger partial charge in [0, 0.05) is 0 Å². The quantitative estimate of drug-likeness (QED) is 0.569. The molecule has 0 aromatic carbocycles. The van der Waals surface area contributed by atoms with Crippen molar-refractivity contribution in [1.29, 1.82) is 0 Å². The number of rotatable bonds is 1. The Bertz CT molecular complexity index is 144. The highest BCUT2D eigenvalue weighted by molar-refractivity contribution is 5.81. The average molecular weight is 128 g/mol. The standard InChI is InChI=1S/C6H12N2O/c1-3-6(2)4-5(7)8-9-6/h3-4H2,1-2H3,(H2,7,8). The van der Waals surface area contributed by atoms with Gasteiger partial charge in [0.15, 0.2) is 0 Å². The van der Waals surface area contributed by atoms with Gasteiger partial charge in [-0.15, -0.1) is 0 Å². The number of hydrogen-bond acceptors (Lipinski definition) is 3. The third-order valence-corrected chi connectivity index (χ3v) is 1.69. The minimum Gasteiger partial charge on any atom is -0.388 e. The van der Waals surface area contributed by atoms with Gasteiger partial charge in [0.05, 0.1) is 6.42 Å².